The summed E-state index contributed by atoms with van der Waals surface area (Å²) in [7, 11) is 0. The molecule has 0 unspecified atom stereocenters. The summed E-state index contributed by atoms with van der Waals surface area (Å²) < 4.78 is 13.1. The second-order valence-corrected chi connectivity index (χ2v) is 5.90. The summed E-state index contributed by atoms with van der Waals surface area (Å²) in [5.74, 6) is -0.351. The maximum Gasteiger partial charge on any atom is 0.125 e. The number of hydrogen-bond acceptors (Lipinski definition) is 2. The predicted octanol–water partition coefficient (Wildman–Crippen LogP) is 3.59. The van der Waals surface area contributed by atoms with E-state index < -0.39 is 0 Å². The van der Waals surface area contributed by atoms with Crippen LogP contribution in [0.25, 0.3) is 0 Å². The third-order valence-electron chi connectivity index (χ3n) is 1.42. The van der Waals surface area contributed by atoms with Crippen LogP contribution in [0.1, 0.15) is 26.3 Å². The first-order valence-electron chi connectivity index (χ1n) is 4.30. The highest BCUT2D eigenvalue weighted by molar-refractivity contribution is 8.00. The summed E-state index contributed by atoms with van der Waals surface area (Å²) in [4.78, 5) is 0.800. The molecule has 0 radical (unpaired) electrons. The van der Waals surface area contributed by atoms with Crippen LogP contribution >= 0.6 is 11.8 Å². The van der Waals surface area contributed by atoms with Gasteiger partial charge in [-0.05, 0) is 18.2 Å². The zero-order valence-corrected chi connectivity index (χ0v) is 9.28. The van der Waals surface area contributed by atoms with Gasteiger partial charge in [0, 0.05) is 9.64 Å². The number of thioether (sulfide) groups is 1. The molecule has 0 bridgehead atoms. The topological polar surface area (TPSA) is 23.8 Å². The first-order chi connectivity index (χ1) is 6.40. The minimum atomic E-state index is -0.351. The molecule has 1 aromatic carbocycles. The van der Waals surface area contributed by atoms with Crippen molar-refractivity contribution >= 4 is 11.8 Å². The molecule has 74 valence electrons. The monoisotopic (exact) mass is 209 g/mol. The second kappa shape index (κ2) is 4.02. The predicted molar refractivity (Wildman–Crippen MR) is 56.7 cm³/mol. The molecular formula is C11H12FNS. The van der Waals surface area contributed by atoms with Crippen molar-refractivity contribution in [3.05, 3.63) is 29.6 Å². The number of hydrogen-bond donors (Lipinski definition) is 0. The van der Waals surface area contributed by atoms with E-state index in [-0.39, 0.29) is 10.6 Å². The summed E-state index contributed by atoms with van der Waals surface area (Å²) in [6.07, 6.45) is 0. The highest BCUT2D eigenvalue weighted by Gasteiger charge is 2.13. The molecule has 0 fully saturated rings. The van der Waals surface area contributed by atoms with Crippen molar-refractivity contribution in [3.63, 3.8) is 0 Å². The van der Waals surface area contributed by atoms with Crippen molar-refractivity contribution in [2.24, 2.45) is 0 Å². The van der Waals surface area contributed by atoms with E-state index in [1.807, 2.05) is 6.07 Å². The van der Waals surface area contributed by atoms with E-state index in [0.29, 0.717) is 5.56 Å². The zero-order valence-electron chi connectivity index (χ0n) is 8.47. The fraction of sp³-hybridized carbons (Fsp3) is 0.364. The Hall–Kier alpha value is -1.01. The van der Waals surface area contributed by atoms with Crippen molar-refractivity contribution in [3.8, 4) is 6.07 Å². The Labute approximate surface area is 87.9 Å². The van der Waals surface area contributed by atoms with Gasteiger partial charge in [-0.3, -0.25) is 0 Å². The highest BCUT2D eigenvalue weighted by atomic mass is 32.2. The molecule has 0 aliphatic carbocycles. The van der Waals surface area contributed by atoms with Crippen LogP contribution in [0.4, 0.5) is 4.39 Å². The Morgan fingerprint density at radius 3 is 2.43 bits per heavy atom. The Morgan fingerprint density at radius 1 is 1.29 bits per heavy atom. The van der Waals surface area contributed by atoms with Gasteiger partial charge in [0.2, 0.25) is 0 Å². The molecule has 0 spiro atoms. The van der Waals surface area contributed by atoms with Crippen LogP contribution in [0.15, 0.2) is 23.1 Å². The SMILES string of the molecule is CC(C)(C)Sc1cc(F)cc(C#N)c1. The van der Waals surface area contributed by atoms with Crippen LogP contribution < -0.4 is 0 Å². The van der Waals surface area contributed by atoms with E-state index in [0.717, 1.165) is 4.90 Å². The number of nitrogens with zero attached hydrogens (tertiary/aromatic N) is 1. The Morgan fingerprint density at radius 2 is 1.93 bits per heavy atom. The van der Waals surface area contributed by atoms with Gasteiger partial charge in [-0.15, -0.1) is 11.8 Å². The Balaban J connectivity index is 3.00. The van der Waals surface area contributed by atoms with E-state index in [4.69, 9.17) is 5.26 Å². The third-order valence-corrected chi connectivity index (χ3v) is 2.51. The van der Waals surface area contributed by atoms with Crippen molar-refractivity contribution < 1.29 is 4.39 Å². The lowest BCUT2D eigenvalue weighted by atomic mass is 10.2. The molecule has 0 N–H and O–H groups in total. The largest absolute Gasteiger partial charge is 0.207 e. The molecule has 0 aliphatic heterocycles. The lowest BCUT2D eigenvalue weighted by Crippen LogP contribution is -2.06. The first-order valence-corrected chi connectivity index (χ1v) is 5.12. The van der Waals surface area contributed by atoms with Crippen LogP contribution in [-0.2, 0) is 0 Å². The van der Waals surface area contributed by atoms with Crippen LogP contribution in [0.5, 0.6) is 0 Å². The molecule has 0 aromatic heterocycles. The van der Waals surface area contributed by atoms with E-state index in [2.05, 4.69) is 20.8 Å². The standard InChI is InChI=1S/C11H12FNS/c1-11(2,3)14-10-5-8(7-13)4-9(12)6-10/h4-6H,1-3H3. The molecule has 3 heteroatoms. The van der Waals surface area contributed by atoms with Gasteiger partial charge in [0.05, 0.1) is 11.6 Å². The molecule has 0 saturated heterocycles. The molecule has 1 aromatic rings. The van der Waals surface area contributed by atoms with Crippen molar-refractivity contribution in [2.45, 2.75) is 30.4 Å². The van der Waals surface area contributed by atoms with Gasteiger partial charge < -0.3 is 0 Å². The van der Waals surface area contributed by atoms with Gasteiger partial charge in [0.1, 0.15) is 5.82 Å². The molecular weight excluding hydrogens is 197 g/mol. The summed E-state index contributed by atoms with van der Waals surface area (Å²) >= 11 is 1.55. The molecule has 14 heavy (non-hydrogen) atoms. The van der Waals surface area contributed by atoms with E-state index >= 15 is 0 Å². The van der Waals surface area contributed by atoms with Gasteiger partial charge in [-0.1, -0.05) is 20.8 Å². The summed E-state index contributed by atoms with van der Waals surface area (Å²) in [5, 5.41) is 8.66. The summed E-state index contributed by atoms with van der Waals surface area (Å²) in [6.45, 7) is 6.15. The average molecular weight is 209 g/mol. The van der Waals surface area contributed by atoms with E-state index in [1.165, 1.54) is 12.1 Å². The summed E-state index contributed by atoms with van der Waals surface area (Å²) in [6, 6.07) is 6.35. The maximum absolute atomic E-state index is 13.0. The number of halogens is 1. The van der Waals surface area contributed by atoms with Gasteiger partial charge in [-0.25, -0.2) is 4.39 Å². The minimum Gasteiger partial charge on any atom is -0.207 e. The van der Waals surface area contributed by atoms with Crippen LogP contribution in [0.3, 0.4) is 0 Å². The fourth-order valence-corrected chi connectivity index (χ4v) is 2.10. The molecule has 1 rings (SSSR count). The molecule has 0 saturated carbocycles. The van der Waals surface area contributed by atoms with E-state index in [9.17, 15) is 4.39 Å². The van der Waals surface area contributed by atoms with Gasteiger partial charge >= 0.3 is 0 Å². The van der Waals surface area contributed by atoms with Crippen LogP contribution in [0.2, 0.25) is 0 Å². The lowest BCUT2D eigenvalue weighted by molar-refractivity contribution is 0.623. The number of benzene rings is 1. The van der Waals surface area contributed by atoms with Gasteiger partial charge in [-0.2, -0.15) is 5.26 Å². The number of nitriles is 1. The molecule has 0 aliphatic rings. The number of rotatable bonds is 1. The second-order valence-electron chi connectivity index (χ2n) is 4.00. The quantitative estimate of drug-likeness (QED) is 0.660. The maximum atomic E-state index is 13.0. The fourth-order valence-electron chi connectivity index (χ4n) is 1.04. The van der Waals surface area contributed by atoms with Crippen molar-refractivity contribution in [1.82, 2.24) is 0 Å². The molecule has 0 amide bonds. The zero-order chi connectivity index (χ0) is 10.8. The normalized spacial score (nSPS) is 11.1. The highest BCUT2D eigenvalue weighted by Crippen LogP contribution is 2.32. The van der Waals surface area contributed by atoms with Crippen molar-refractivity contribution in [1.29, 1.82) is 5.26 Å². The van der Waals surface area contributed by atoms with Crippen LogP contribution in [-0.4, -0.2) is 4.75 Å². The molecule has 0 heterocycles. The minimum absolute atomic E-state index is 0.0283. The smallest absolute Gasteiger partial charge is 0.125 e. The molecule has 0 atom stereocenters. The molecule has 1 nitrogen and oxygen atoms in total. The average Bonchev–Trinajstić information content (AvgIpc) is 1.99. The van der Waals surface area contributed by atoms with Crippen LogP contribution in [0, 0.1) is 17.1 Å². The third kappa shape index (κ3) is 3.39. The lowest BCUT2D eigenvalue weighted by Gasteiger charge is -2.17. The van der Waals surface area contributed by atoms with E-state index in [1.54, 1.807) is 17.8 Å². The van der Waals surface area contributed by atoms with Gasteiger partial charge in [0.25, 0.3) is 0 Å². The Bertz CT molecular complexity index is 374. The van der Waals surface area contributed by atoms with Crippen molar-refractivity contribution in [2.75, 3.05) is 0 Å². The van der Waals surface area contributed by atoms with Gasteiger partial charge in [0.15, 0.2) is 0 Å². The summed E-state index contributed by atoms with van der Waals surface area (Å²) in [5.41, 5.74) is 0.372. The first kappa shape index (κ1) is 11.1. The Kier molecular flexibility index (Phi) is 3.17.